The van der Waals surface area contributed by atoms with E-state index in [1.807, 2.05) is 6.07 Å². The number of esters is 2. The number of halogens is 3. The van der Waals surface area contributed by atoms with Crippen LogP contribution in [0.25, 0.3) is 0 Å². The van der Waals surface area contributed by atoms with Crippen LogP contribution in [0.2, 0.25) is 10.0 Å². The summed E-state index contributed by atoms with van der Waals surface area (Å²) in [5.41, 5.74) is 2.35. The van der Waals surface area contributed by atoms with Crippen LogP contribution in [0, 0.1) is 11.7 Å². The molecule has 4 heterocycles. The van der Waals surface area contributed by atoms with Crippen LogP contribution in [0.1, 0.15) is 57.6 Å². The quantitative estimate of drug-likeness (QED) is 0.144. The van der Waals surface area contributed by atoms with Gasteiger partial charge in [0.25, 0.3) is 0 Å². The molecule has 3 aliphatic heterocycles. The average molecular weight is 723 g/mol. The van der Waals surface area contributed by atoms with Gasteiger partial charge >= 0.3 is 11.9 Å². The minimum Gasteiger partial charge on any atom is -0.493 e. The maximum absolute atomic E-state index is 15.0. The van der Waals surface area contributed by atoms with Crippen LogP contribution in [-0.4, -0.2) is 61.8 Å². The van der Waals surface area contributed by atoms with Crippen molar-refractivity contribution in [3.63, 3.8) is 0 Å². The van der Waals surface area contributed by atoms with Gasteiger partial charge in [-0.1, -0.05) is 59.6 Å². The van der Waals surface area contributed by atoms with Gasteiger partial charge in [-0.15, -0.1) is 0 Å². The lowest BCUT2D eigenvalue weighted by molar-refractivity contribution is -0.161. The number of nitrogens with zero attached hydrogens (tertiary/aromatic N) is 2. The zero-order valence-corrected chi connectivity index (χ0v) is 29.3. The smallest absolute Gasteiger partial charge is 0.338 e. The first-order valence-corrected chi connectivity index (χ1v) is 17.2. The summed E-state index contributed by atoms with van der Waals surface area (Å²) in [5, 5.41) is 3.86. The topological polar surface area (TPSA) is 99.2 Å². The van der Waals surface area contributed by atoms with E-state index in [2.05, 4.69) is 15.2 Å². The highest BCUT2D eigenvalue weighted by molar-refractivity contribution is 6.35. The summed E-state index contributed by atoms with van der Waals surface area (Å²) >= 11 is 12.9. The SMILES string of the molecule is COc1ccc(C(Cc2c(Cl)cncc2Cl)OC(=O)c2cccc(CNC(C(=O)O[C@H]3CN4CCC3CC4)c3ccccc3F)c2)cc1OC. The Hall–Kier alpha value is -4.22. The van der Waals surface area contributed by atoms with Crippen molar-refractivity contribution in [2.24, 2.45) is 5.92 Å². The second-order valence-electron chi connectivity index (χ2n) is 12.4. The number of hydrogen-bond donors (Lipinski definition) is 1. The number of carbonyl (C=O) groups excluding carboxylic acids is 2. The molecule has 3 atom stereocenters. The second-order valence-corrected chi connectivity index (χ2v) is 13.3. The number of ether oxygens (including phenoxy) is 4. The average Bonchev–Trinajstić information content (AvgIpc) is 3.13. The number of benzene rings is 3. The molecule has 4 aromatic rings. The molecule has 0 radical (unpaired) electrons. The van der Waals surface area contributed by atoms with E-state index < -0.39 is 29.9 Å². The van der Waals surface area contributed by atoms with E-state index in [-0.39, 0.29) is 30.2 Å². The van der Waals surface area contributed by atoms with Crippen molar-refractivity contribution in [2.75, 3.05) is 33.9 Å². The molecule has 12 heteroatoms. The predicted molar refractivity (Wildman–Crippen MR) is 187 cm³/mol. The first-order valence-electron chi connectivity index (χ1n) is 16.4. The number of piperidine rings is 3. The fourth-order valence-corrected chi connectivity index (χ4v) is 7.13. The molecule has 50 heavy (non-hydrogen) atoms. The van der Waals surface area contributed by atoms with E-state index >= 15 is 4.39 Å². The lowest BCUT2D eigenvalue weighted by Crippen LogP contribution is -2.52. The minimum absolute atomic E-state index is 0.150. The zero-order valence-electron chi connectivity index (χ0n) is 27.7. The van der Waals surface area contributed by atoms with Crippen LogP contribution in [0.5, 0.6) is 11.5 Å². The standard InChI is InChI=1S/C38H38Cl2FN3O6/c1-47-32-11-10-25(17-34(32)48-2)33(18-28-29(39)20-42-21-30(28)40)49-37(45)26-7-5-6-23(16-26)19-43-36(27-8-3-4-9-31(27)41)38(46)50-35-22-44-14-12-24(35)13-15-44/h3-11,16-17,20-21,24,33,35-36,43H,12-15,18-19,22H2,1-2H3/t33?,35-,36?/m0/s1. The van der Waals surface area contributed by atoms with Crippen LogP contribution in [0.15, 0.2) is 79.1 Å². The summed E-state index contributed by atoms with van der Waals surface area (Å²) < 4.78 is 38.0. The monoisotopic (exact) mass is 721 g/mol. The number of nitrogens with one attached hydrogen (secondary N) is 1. The van der Waals surface area contributed by atoms with E-state index in [1.165, 1.54) is 32.7 Å². The van der Waals surface area contributed by atoms with Gasteiger partial charge in [0.05, 0.1) is 29.8 Å². The van der Waals surface area contributed by atoms with Gasteiger partial charge in [0.1, 0.15) is 24.1 Å². The molecular formula is C38H38Cl2FN3O6. The first kappa shape index (κ1) is 35.6. The summed E-state index contributed by atoms with van der Waals surface area (Å²) in [5.74, 6) is -0.355. The third-order valence-electron chi connectivity index (χ3n) is 9.36. The van der Waals surface area contributed by atoms with E-state index in [4.69, 9.17) is 42.1 Å². The Morgan fingerprint density at radius 2 is 1.70 bits per heavy atom. The molecule has 9 nitrogen and oxygen atoms in total. The summed E-state index contributed by atoms with van der Waals surface area (Å²) in [7, 11) is 3.06. The van der Waals surface area contributed by atoms with Crippen LogP contribution < -0.4 is 14.8 Å². The molecule has 3 aliphatic rings. The molecule has 3 aromatic carbocycles. The zero-order chi connectivity index (χ0) is 35.2. The van der Waals surface area contributed by atoms with Crippen molar-refractivity contribution in [1.29, 1.82) is 0 Å². The van der Waals surface area contributed by atoms with Crippen LogP contribution in [-0.2, 0) is 27.2 Å². The number of fused-ring (bicyclic) bond motifs is 3. The molecule has 3 fully saturated rings. The van der Waals surface area contributed by atoms with Crippen molar-refractivity contribution in [3.05, 3.63) is 123 Å². The second kappa shape index (κ2) is 16.2. The number of hydrogen-bond acceptors (Lipinski definition) is 9. The molecule has 262 valence electrons. The molecule has 0 spiro atoms. The maximum Gasteiger partial charge on any atom is 0.338 e. The lowest BCUT2D eigenvalue weighted by Gasteiger charge is -2.44. The molecule has 2 bridgehead atoms. The van der Waals surface area contributed by atoms with Gasteiger partial charge in [-0.25, -0.2) is 14.0 Å². The van der Waals surface area contributed by atoms with Gasteiger partial charge in [-0.05, 0) is 78.9 Å². The Morgan fingerprint density at radius 3 is 2.38 bits per heavy atom. The van der Waals surface area contributed by atoms with E-state index in [1.54, 1.807) is 54.6 Å². The van der Waals surface area contributed by atoms with Gasteiger partial charge in [0, 0.05) is 37.5 Å². The van der Waals surface area contributed by atoms with E-state index in [0.29, 0.717) is 50.7 Å². The Morgan fingerprint density at radius 1 is 0.960 bits per heavy atom. The van der Waals surface area contributed by atoms with Crippen molar-refractivity contribution in [3.8, 4) is 11.5 Å². The van der Waals surface area contributed by atoms with Crippen LogP contribution in [0.3, 0.4) is 0 Å². The maximum atomic E-state index is 15.0. The first-order chi connectivity index (χ1) is 24.2. The van der Waals surface area contributed by atoms with Crippen LogP contribution in [0.4, 0.5) is 4.39 Å². The summed E-state index contributed by atoms with van der Waals surface area (Å²) in [6.45, 7) is 2.85. The van der Waals surface area contributed by atoms with Gasteiger partial charge in [0.15, 0.2) is 11.5 Å². The summed E-state index contributed by atoms with van der Waals surface area (Å²) in [4.78, 5) is 33.6. The Kier molecular flexibility index (Phi) is 11.5. The number of rotatable bonds is 13. The van der Waals surface area contributed by atoms with Crippen molar-refractivity contribution >= 4 is 35.1 Å². The summed E-state index contributed by atoms with van der Waals surface area (Å²) in [6, 6.07) is 17.2. The molecule has 1 aromatic heterocycles. The Balaban J connectivity index is 1.21. The van der Waals surface area contributed by atoms with Gasteiger partial charge in [-0.3, -0.25) is 15.2 Å². The largest absolute Gasteiger partial charge is 0.493 e. The molecule has 7 rings (SSSR count). The highest BCUT2D eigenvalue weighted by Crippen LogP contribution is 2.36. The van der Waals surface area contributed by atoms with Crippen molar-refractivity contribution in [2.45, 2.75) is 44.1 Å². The normalized spacial score (nSPS) is 19.3. The van der Waals surface area contributed by atoms with Gasteiger partial charge < -0.3 is 18.9 Å². The third kappa shape index (κ3) is 8.21. The molecule has 0 saturated carbocycles. The highest BCUT2D eigenvalue weighted by atomic mass is 35.5. The van der Waals surface area contributed by atoms with Gasteiger partial charge in [0.2, 0.25) is 0 Å². The Bertz CT molecular complexity index is 1820. The summed E-state index contributed by atoms with van der Waals surface area (Å²) in [6.07, 6.45) is 4.04. The number of carbonyl (C=O) groups is 2. The number of methoxy groups -OCH3 is 2. The molecule has 1 N–H and O–H groups in total. The molecule has 0 aliphatic carbocycles. The van der Waals surface area contributed by atoms with Gasteiger partial charge in [-0.2, -0.15) is 0 Å². The highest BCUT2D eigenvalue weighted by Gasteiger charge is 2.38. The molecule has 0 amide bonds. The number of pyridine rings is 1. The fourth-order valence-electron chi connectivity index (χ4n) is 6.62. The van der Waals surface area contributed by atoms with Crippen molar-refractivity contribution < 1.29 is 32.9 Å². The molecular weight excluding hydrogens is 684 g/mol. The van der Waals surface area contributed by atoms with E-state index in [9.17, 15) is 9.59 Å². The Labute approximate surface area is 300 Å². The fraction of sp³-hybridized carbons (Fsp3) is 0.342. The van der Waals surface area contributed by atoms with Crippen LogP contribution >= 0.6 is 23.2 Å². The van der Waals surface area contributed by atoms with Crippen molar-refractivity contribution in [1.82, 2.24) is 15.2 Å². The number of aromatic nitrogens is 1. The molecule has 3 saturated heterocycles. The predicted octanol–water partition coefficient (Wildman–Crippen LogP) is 7.15. The third-order valence-corrected chi connectivity index (χ3v) is 10.0. The molecule has 2 unspecified atom stereocenters. The lowest BCUT2D eigenvalue weighted by atomic mass is 9.86. The van der Waals surface area contributed by atoms with E-state index in [0.717, 1.165) is 25.9 Å². The minimum atomic E-state index is -1.05.